The van der Waals surface area contributed by atoms with Crippen molar-refractivity contribution in [1.82, 2.24) is 10.2 Å². The number of likely N-dealkylation sites (N-methyl/N-ethyl adjacent to an activating group) is 1. The number of carbonyl (C=O) groups is 2. The van der Waals surface area contributed by atoms with E-state index in [-0.39, 0.29) is 36.1 Å². The number of rotatable bonds is 14. The molecule has 4 aromatic carbocycles. The van der Waals surface area contributed by atoms with Gasteiger partial charge in [-0.1, -0.05) is 84.4 Å². The number of sulfonamides is 1. The average Bonchev–Trinajstić information content (AvgIpc) is 3.03. The van der Waals surface area contributed by atoms with Gasteiger partial charge in [0.15, 0.2) is 0 Å². The number of nitrogens with one attached hydrogen (secondary N) is 1. The van der Waals surface area contributed by atoms with E-state index in [0.29, 0.717) is 17.3 Å². The smallest absolute Gasteiger partial charge is 0.264 e. The summed E-state index contributed by atoms with van der Waals surface area (Å²) < 4.78 is 35.2. The Labute approximate surface area is 264 Å². The largest absolute Gasteiger partial charge is 0.492 e. The predicted molar refractivity (Wildman–Crippen MR) is 173 cm³/mol. The van der Waals surface area contributed by atoms with Crippen LogP contribution in [-0.2, 0) is 32.6 Å². The molecule has 0 spiro atoms. The highest BCUT2D eigenvalue weighted by atomic mass is 35.5. The van der Waals surface area contributed by atoms with E-state index in [0.717, 1.165) is 15.4 Å². The standard InChI is InChI=1S/C34H36ClN3O5S/c1-3-36-34(40)31(23-26-13-7-5-8-14-26)37(24-27-15-9-6-10-16-27)33(39)25-38(30-17-11-12-18-32(30)43-4-2)44(41,42)29-21-19-28(35)20-22-29/h5-22,31H,3-4,23-25H2,1-2H3,(H,36,40). The lowest BCUT2D eigenvalue weighted by Crippen LogP contribution is -2.53. The number of amides is 2. The minimum atomic E-state index is -4.28. The number of nitrogens with zero attached hydrogens (tertiary/aromatic N) is 2. The van der Waals surface area contributed by atoms with Gasteiger partial charge in [0.1, 0.15) is 18.3 Å². The van der Waals surface area contributed by atoms with Gasteiger partial charge in [-0.15, -0.1) is 0 Å². The SMILES string of the molecule is CCNC(=O)C(Cc1ccccc1)N(Cc1ccccc1)C(=O)CN(c1ccccc1OCC)S(=O)(=O)c1ccc(Cl)cc1. The summed E-state index contributed by atoms with van der Waals surface area (Å²) in [6.45, 7) is 3.78. The molecule has 1 unspecified atom stereocenters. The number of para-hydroxylation sites is 2. The quantitative estimate of drug-likeness (QED) is 0.192. The molecule has 0 aliphatic heterocycles. The Morgan fingerprint density at radius 1 is 0.818 bits per heavy atom. The van der Waals surface area contributed by atoms with Crippen LogP contribution in [0.25, 0.3) is 0 Å². The molecule has 1 atom stereocenters. The number of hydrogen-bond donors (Lipinski definition) is 1. The lowest BCUT2D eigenvalue weighted by molar-refractivity contribution is -0.140. The second-order valence-corrected chi connectivity index (χ2v) is 12.3. The topological polar surface area (TPSA) is 96.0 Å². The van der Waals surface area contributed by atoms with Gasteiger partial charge in [0.05, 0.1) is 17.2 Å². The number of anilines is 1. The van der Waals surface area contributed by atoms with E-state index in [1.54, 1.807) is 31.2 Å². The number of halogens is 1. The summed E-state index contributed by atoms with van der Waals surface area (Å²) in [4.78, 5) is 29.4. The van der Waals surface area contributed by atoms with Crippen molar-refractivity contribution in [3.63, 3.8) is 0 Å². The van der Waals surface area contributed by atoms with Crippen LogP contribution in [0.15, 0.2) is 114 Å². The monoisotopic (exact) mass is 633 g/mol. The highest BCUT2D eigenvalue weighted by Crippen LogP contribution is 2.33. The zero-order chi connectivity index (χ0) is 31.5. The molecule has 1 N–H and O–H groups in total. The Morgan fingerprint density at radius 3 is 2.02 bits per heavy atom. The summed E-state index contributed by atoms with van der Waals surface area (Å²) in [7, 11) is -4.28. The molecule has 0 aliphatic rings. The first-order valence-electron chi connectivity index (χ1n) is 14.4. The van der Waals surface area contributed by atoms with E-state index in [9.17, 15) is 18.0 Å². The van der Waals surface area contributed by atoms with Crippen molar-refractivity contribution in [3.05, 3.63) is 125 Å². The van der Waals surface area contributed by atoms with Gasteiger partial charge < -0.3 is 15.0 Å². The molecule has 230 valence electrons. The van der Waals surface area contributed by atoms with Crippen LogP contribution in [0.1, 0.15) is 25.0 Å². The maximum Gasteiger partial charge on any atom is 0.264 e. The Kier molecular flexibility index (Phi) is 11.4. The molecule has 8 nitrogen and oxygen atoms in total. The molecule has 10 heteroatoms. The molecule has 0 saturated heterocycles. The van der Waals surface area contributed by atoms with Gasteiger partial charge in [0, 0.05) is 24.5 Å². The Morgan fingerprint density at radius 2 is 1.41 bits per heavy atom. The summed E-state index contributed by atoms with van der Waals surface area (Å²) in [5.74, 6) is -0.577. The predicted octanol–water partition coefficient (Wildman–Crippen LogP) is 5.71. The van der Waals surface area contributed by atoms with Crippen LogP contribution >= 0.6 is 11.6 Å². The molecule has 4 aromatic rings. The molecule has 4 rings (SSSR count). The van der Waals surface area contributed by atoms with E-state index < -0.39 is 28.5 Å². The first kappa shape index (κ1) is 32.6. The highest BCUT2D eigenvalue weighted by molar-refractivity contribution is 7.92. The van der Waals surface area contributed by atoms with Crippen LogP contribution in [0.3, 0.4) is 0 Å². The maximum absolute atomic E-state index is 14.5. The third kappa shape index (κ3) is 8.18. The van der Waals surface area contributed by atoms with Crippen LogP contribution < -0.4 is 14.4 Å². The fourth-order valence-electron chi connectivity index (χ4n) is 4.81. The van der Waals surface area contributed by atoms with Crippen molar-refractivity contribution in [2.45, 2.75) is 37.8 Å². The molecular weight excluding hydrogens is 598 g/mol. The number of hydrogen-bond acceptors (Lipinski definition) is 5. The van der Waals surface area contributed by atoms with Crippen molar-refractivity contribution in [2.24, 2.45) is 0 Å². The summed E-state index contributed by atoms with van der Waals surface area (Å²) >= 11 is 6.06. The van der Waals surface area contributed by atoms with Gasteiger partial charge in [0.2, 0.25) is 11.8 Å². The Bertz CT molecular complexity index is 1630. The third-order valence-electron chi connectivity index (χ3n) is 6.93. The maximum atomic E-state index is 14.5. The van der Waals surface area contributed by atoms with Crippen LogP contribution in [0.2, 0.25) is 5.02 Å². The molecular formula is C34H36ClN3O5S. The zero-order valence-corrected chi connectivity index (χ0v) is 26.3. The second-order valence-electron chi connectivity index (χ2n) is 9.97. The van der Waals surface area contributed by atoms with Crippen LogP contribution in [0.4, 0.5) is 5.69 Å². The van der Waals surface area contributed by atoms with E-state index >= 15 is 0 Å². The van der Waals surface area contributed by atoms with Crippen molar-refractivity contribution in [1.29, 1.82) is 0 Å². The fraction of sp³-hybridized carbons (Fsp3) is 0.235. The van der Waals surface area contributed by atoms with Gasteiger partial charge in [-0.25, -0.2) is 8.42 Å². The van der Waals surface area contributed by atoms with Crippen molar-refractivity contribution in [3.8, 4) is 5.75 Å². The lowest BCUT2D eigenvalue weighted by Gasteiger charge is -2.34. The molecule has 0 aromatic heterocycles. The molecule has 0 bridgehead atoms. The number of carbonyl (C=O) groups excluding carboxylic acids is 2. The summed E-state index contributed by atoms with van der Waals surface area (Å²) in [6, 6.07) is 30.2. The van der Waals surface area contributed by atoms with Crippen LogP contribution in [-0.4, -0.2) is 50.9 Å². The highest BCUT2D eigenvalue weighted by Gasteiger charge is 2.35. The minimum Gasteiger partial charge on any atom is -0.492 e. The van der Waals surface area contributed by atoms with E-state index in [1.807, 2.05) is 67.6 Å². The summed E-state index contributed by atoms with van der Waals surface area (Å²) in [5.41, 5.74) is 1.86. The van der Waals surface area contributed by atoms with Gasteiger partial charge in [-0.3, -0.25) is 13.9 Å². The molecule has 0 fully saturated rings. The van der Waals surface area contributed by atoms with Gasteiger partial charge >= 0.3 is 0 Å². The van der Waals surface area contributed by atoms with E-state index in [2.05, 4.69) is 5.32 Å². The molecule has 0 aliphatic carbocycles. The van der Waals surface area contributed by atoms with Gasteiger partial charge in [-0.2, -0.15) is 0 Å². The van der Waals surface area contributed by atoms with E-state index in [1.165, 1.54) is 29.2 Å². The molecule has 0 radical (unpaired) electrons. The lowest BCUT2D eigenvalue weighted by atomic mass is 10.0. The van der Waals surface area contributed by atoms with Gasteiger partial charge in [0.25, 0.3) is 10.0 Å². The van der Waals surface area contributed by atoms with Crippen molar-refractivity contribution >= 4 is 39.1 Å². The first-order chi connectivity index (χ1) is 21.2. The first-order valence-corrected chi connectivity index (χ1v) is 16.2. The summed E-state index contributed by atoms with van der Waals surface area (Å²) in [5, 5.41) is 3.24. The Hall–Kier alpha value is -4.34. The molecule has 0 saturated carbocycles. The van der Waals surface area contributed by atoms with Crippen LogP contribution in [0, 0.1) is 0 Å². The zero-order valence-electron chi connectivity index (χ0n) is 24.7. The number of ether oxygens (including phenoxy) is 1. The fourth-order valence-corrected chi connectivity index (χ4v) is 6.36. The van der Waals surface area contributed by atoms with E-state index in [4.69, 9.17) is 16.3 Å². The normalized spacial score (nSPS) is 11.8. The number of benzene rings is 4. The molecule has 2 amide bonds. The van der Waals surface area contributed by atoms with Crippen molar-refractivity contribution in [2.75, 3.05) is 24.0 Å². The average molecular weight is 634 g/mol. The summed E-state index contributed by atoms with van der Waals surface area (Å²) in [6.07, 6.45) is 0.241. The minimum absolute atomic E-state index is 0.0415. The Balaban J connectivity index is 1.82. The second kappa shape index (κ2) is 15.4. The molecule has 44 heavy (non-hydrogen) atoms. The third-order valence-corrected chi connectivity index (χ3v) is 8.96. The van der Waals surface area contributed by atoms with Crippen LogP contribution in [0.5, 0.6) is 5.75 Å². The van der Waals surface area contributed by atoms with Crippen molar-refractivity contribution < 1.29 is 22.7 Å². The molecule has 0 heterocycles. The van der Waals surface area contributed by atoms with Gasteiger partial charge in [-0.05, 0) is 61.4 Å².